The predicted octanol–water partition coefficient (Wildman–Crippen LogP) is 4.36. The van der Waals surface area contributed by atoms with Crippen LogP contribution in [0, 0.1) is 6.92 Å². The average Bonchev–Trinajstić information content (AvgIpc) is 2.59. The van der Waals surface area contributed by atoms with E-state index in [2.05, 4.69) is 40.3 Å². The summed E-state index contributed by atoms with van der Waals surface area (Å²) in [6.07, 6.45) is 0. The first-order valence-corrected chi connectivity index (χ1v) is 8.69. The Morgan fingerprint density at radius 3 is 2.38 bits per heavy atom. The topological polar surface area (TPSA) is 64.7 Å². The van der Waals surface area contributed by atoms with Crippen molar-refractivity contribution in [2.24, 2.45) is 0 Å². The molecule has 0 saturated heterocycles. The lowest BCUT2D eigenvalue weighted by Crippen LogP contribution is -1.98. The molecule has 0 saturated carbocycles. The van der Waals surface area contributed by atoms with E-state index in [4.69, 9.17) is 10.7 Å². The van der Waals surface area contributed by atoms with Crippen LogP contribution < -0.4 is 5.73 Å². The molecule has 0 atom stereocenters. The molecular weight excluding hydrogens is 316 g/mol. The number of fused-ring (bicyclic) bond motifs is 3. The first-order valence-electron chi connectivity index (χ1n) is 7.71. The highest BCUT2D eigenvalue weighted by Crippen LogP contribution is 2.29. The first-order chi connectivity index (χ1) is 11.7. The number of aromatic nitrogens is 3. The minimum Gasteiger partial charge on any atom is -0.384 e. The van der Waals surface area contributed by atoms with Crippen molar-refractivity contribution < 1.29 is 0 Å². The Balaban J connectivity index is 1.77. The van der Waals surface area contributed by atoms with Gasteiger partial charge in [-0.1, -0.05) is 54.2 Å². The van der Waals surface area contributed by atoms with Gasteiger partial charge < -0.3 is 5.73 Å². The van der Waals surface area contributed by atoms with Gasteiger partial charge in [0.15, 0.2) is 5.16 Å². The van der Waals surface area contributed by atoms with Crippen molar-refractivity contribution in [3.05, 3.63) is 66.0 Å². The molecule has 0 unspecified atom stereocenters. The zero-order chi connectivity index (χ0) is 16.5. The van der Waals surface area contributed by atoms with Crippen molar-refractivity contribution in [2.75, 3.05) is 5.73 Å². The molecule has 0 fully saturated rings. The Hall–Kier alpha value is -2.66. The summed E-state index contributed by atoms with van der Waals surface area (Å²) in [7, 11) is 0. The molecule has 0 bridgehead atoms. The second-order valence-electron chi connectivity index (χ2n) is 5.63. The van der Waals surface area contributed by atoms with E-state index in [0.29, 0.717) is 16.7 Å². The second-order valence-corrected chi connectivity index (χ2v) is 6.57. The van der Waals surface area contributed by atoms with Crippen LogP contribution in [0.1, 0.15) is 11.4 Å². The standard InChI is InChI=1S/C19H16N4S/c1-12-10-18(20)23-19(21-12)24-11-17-15-8-3-2-6-13(15)14-7-4-5-9-16(14)22-17/h2-10H,11H2,1H3,(H2,20,21,23). The number of anilines is 1. The maximum atomic E-state index is 5.81. The van der Waals surface area contributed by atoms with Crippen molar-refractivity contribution >= 4 is 39.3 Å². The molecule has 0 aliphatic rings. The van der Waals surface area contributed by atoms with Crippen LogP contribution in [0.25, 0.3) is 21.7 Å². The van der Waals surface area contributed by atoms with E-state index in [-0.39, 0.29) is 0 Å². The highest BCUT2D eigenvalue weighted by molar-refractivity contribution is 7.98. The van der Waals surface area contributed by atoms with Crippen molar-refractivity contribution in [3.8, 4) is 0 Å². The third-order valence-corrected chi connectivity index (χ3v) is 4.74. The van der Waals surface area contributed by atoms with Crippen molar-refractivity contribution in [2.45, 2.75) is 17.8 Å². The predicted molar refractivity (Wildman–Crippen MR) is 100.0 cm³/mol. The van der Waals surface area contributed by atoms with Gasteiger partial charge in [-0.2, -0.15) is 0 Å². The zero-order valence-corrected chi connectivity index (χ0v) is 14.0. The lowest BCUT2D eigenvalue weighted by molar-refractivity contribution is 0.939. The van der Waals surface area contributed by atoms with Gasteiger partial charge in [-0.25, -0.2) is 9.97 Å². The fraction of sp³-hybridized carbons (Fsp3) is 0.105. The highest BCUT2D eigenvalue weighted by atomic mass is 32.2. The molecule has 2 aromatic heterocycles. The summed E-state index contributed by atoms with van der Waals surface area (Å²) < 4.78 is 0. The normalized spacial score (nSPS) is 11.2. The molecule has 4 nitrogen and oxygen atoms in total. The quantitative estimate of drug-likeness (QED) is 0.343. The third-order valence-electron chi connectivity index (χ3n) is 3.88. The number of aryl methyl sites for hydroxylation is 1. The van der Waals surface area contributed by atoms with Gasteiger partial charge in [0.2, 0.25) is 0 Å². The van der Waals surface area contributed by atoms with Gasteiger partial charge in [0.1, 0.15) is 5.82 Å². The molecular formula is C19H16N4S. The molecule has 24 heavy (non-hydrogen) atoms. The lowest BCUT2D eigenvalue weighted by atomic mass is 10.0. The Bertz CT molecular complexity index is 1030. The molecule has 0 amide bonds. The third kappa shape index (κ3) is 2.78. The summed E-state index contributed by atoms with van der Waals surface area (Å²) in [4.78, 5) is 13.6. The van der Waals surface area contributed by atoms with Crippen molar-refractivity contribution in [3.63, 3.8) is 0 Å². The minimum absolute atomic E-state index is 0.501. The molecule has 4 rings (SSSR count). The van der Waals surface area contributed by atoms with Crippen LogP contribution in [-0.2, 0) is 5.75 Å². The van der Waals surface area contributed by atoms with Crippen LogP contribution in [0.15, 0.2) is 59.8 Å². The minimum atomic E-state index is 0.501. The maximum Gasteiger partial charge on any atom is 0.190 e. The largest absolute Gasteiger partial charge is 0.384 e. The van der Waals surface area contributed by atoms with Crippen molar-refractivity contribution in [1.29, 1.82) is 0 Å². The maximum absolute atomic E-state index is 5.81. The Morgan fingerprint density at radius 2 is 1.58 bits per heavy atom. The van der Waals surface area contributed by atoms with E-state index in [0.717, 1.165) is 16.9 Å². The molecule has 5 heteroatoms. The van der Waals surface area contributed by atoms with Crippen LogP contribution in [0.4, 0.5) is 5.82 Å². The molecule has 0 aliphatic carbocycles. The molecule has 2 heterocycles. The molecule has 4 aromatic rings. The SMILES string of the molecule is Cc1cc(N)nc(SCc2nc3ccccc3c3ccccc23)n1. The number of hydrogen-bond donors (Lipinski definition) is 1. The lowest BCUT2D eigenvalue weighted by Gasteiger charge is -2.09. The summed E-state index contributed by atoms with van der Waals surface area (Å²) >= 11 is 1.56. The van der Waals surface area contributed by atoms with E-state index < -0.39 is 0 Å². The molecule has 0 aliphatic heterocycles. The van der Waals surface area contributed by atoms with Gasteiger partial charge in [0.05, 0.1) is 11.2 Å². The van der Waals surface area contributed by atoms with E-state index in [9.17, 15) is 0 Å². The summed E-state index contributed by atoms with van der Waals surface area (Å²) in [5.74, 6) is 1.20. The molecule has 0 spiro atoms. The number of para-hydroxylation sites is 1. The number of nitrogen functional groups attached to an aromatic ring is 1. The van der Waals surface area contributed by atoms with Crippen LogP contribution in [0.3, 0.4) is 0 Å². The van der Waals surface area contributed by atoms with Crippen LogP contribution in [0.5, 0.6) is 0 Å². The smallest absolute Gasteiger partial charge is 0.190 e. The molecule has 118 valence electrons. The number of rotatable bonds is 3. The van der Waals surface area contributed by atoms with E-state index in [1.807, 2.05) is 25.1 Å². The first kappa shape index (κ1) is 14.9. The number of benzene rings is 2. The van der Waals surface area contributed by atoms with Crippen molar-refractivity contribution in [1.82, 2.24) is 15.0 Å². The number of nitrogens with two attached hydrogens (primary N) is 1. The Kier molecular flexibility index (Phi) is 3.78. The summed E-state index contributed by atoms with van der Waals surface area (Å²) in [6.45, 7) is 1.92. The Morgan fingerprint density at radius 1 is 0.875 bits per heavy atom. The van der Waals surface area contributed by atoms with Gasteiger partial charge in [-0.3, -0.25) is 4.98 Å². The zero-order valence-electron chi connectivity index (χ0n) is 13.2. The van der Waals surface area contributed by atoms with E-state index >= 15 is 0 Å². The fourth-order valence-electron chi connectivity index (χ4n) is 2.85. The average molecular weight is 332 g/mol. The second kappa shape index (κ2) is 6.09. The number of hydrogen-bond acceptors (Lipinski definition) is 5. The van der Waals surface area contributed by atoms with E-state index in [1.165, 1.54) is 16.2 Å². The number of thioether (sulfide) groups is 1. The fourth-order valence-corrected chi connectivity index (χ4v) is 3.71. The van der Waals surface area contributed by atoms with Gasteiger partial charge in [0.25, 0.3) is 0 Å². The number of nitrogens with zero attached hydrogens (tertiary/aromatic N) is 3. The van der Waals surface area contributed by atoms with Crippen LogP contribution >= 0.6 is 11.8 Å². The van der Waals surface area contributed by atoms with Gasteiger partial charge in [-0.05, 0) is 18.4 Å². The van der Waals surface area contributed by atoms with Crippen LogP contribution in [-0.4, -0.2) is 15.0 Å². The molecule has 2 N–H and O–H groups in total. The summed E-state index contributed by atoms with van der Waals surface area (Å²) in [5, 5.41) is 4.26. The Labute approximate surface area is 144 Å². The van der Waals surface area contributed by atoms with Gasteiger partial charge in [-0.15, -0.1) is 0 Å². The number of pyridine rings is 1. The van der Waals surface area contributed by atoms with Gasteiger partial charge in [0, 0.05) is 28.3 Å². The summed E-state index contributed by atoms with van der Waals surface area (Å²) in [6, 6.07) is 18.4. The molecule has 2 aromatic carbocycles. The summed E-state index contributed by atoms with van der Waals surface area (Å²) in [5.41, 5.74) is 8.74. The molecule has 0 radical (unpaired) electrons. The van der Waals surface area contributed by atoms with Gasteiger partial charge >= 0.3 is 0 Å². The van der Waals surface area contributed by atoms with E-state index in [1.54, 1.807) is 17.8 Å². The van der Waals surface area contributed by atoms with Crippen LogP contribution in [0.2, 0.25) is 0 Å². The monoisotopic (exact) mass is 332 g/mol. The highest BCUT2D eigenvalue weighted by Gasteiger charge is 2.09.